The summed E-state index contributed by atoms with van der Waals surface area (Å²) in [7, 11) is 2.95. The predicted molar refractivity (Wildman–Crippen MR) is 96.8 cm³/mol. The third kappa shape index (κ3) is 5.36. The van der Waals surface area contributed by atoms with Crippen LogP contribution in [0.3, 0.4) is 0 Å². The average molecular weight is 373 g/mol. The summed E-state index contributed by atoms with van der Waals surface area (Å²) < 4.78 is 15.4. The lowest BCUT2D eigenvalue weighted by atomic mass is 10.2. The zero-order valence-electron chi connectivity index (χ0n) is 14.8. The summed E-state index contributed by atoms with van der Waals surface area (Å²) >= 11 is 0. The minimum absolute atomic E-state index is 0.00900. The van der Waals surface area contributed by atoms with Crippen molar-refractivity contribution in [2.45, 2.75) is 0 Å². The highest BCUT2D eigenvalue weighted by molar-refractivity contribution is 5.98. The molecule has 9 heteroatoms. The fourth-order valence-electron chi connectivity index (χ4n) is 2.04. The van der Waals surface area contributed by atoms with E-state index in [1.165, 1.54) is 26.4 Å². The number of hydrogen-bond acceptors (Lipinski definition) is 7. The molecule has 0 unspecified atom stereocenters. The van der Waals surface area contributed by atoms with Crippen molar-refractivity contribution in [3.8, 4) is 17.2 Å². The molecule has 0 fully saturated rings. The molecule has 27 heavy (non-hydrogen) atoms. The van der Waals surface area contributed by atoms with Gasteiger partial charge >= 0.3 is 5.97 Å². The molecule has 2 aromatic carbocycles. The number of methoxy groups -OCH3 is 2. The van der Waals surface area contributed by atoms with Gasteiger partial charge in [0, 0.05) is 5.56 Å². The molecule has 9 nitrogen and oxygen atoms in total. The van der Waals surface area contributed by atoms with Gasteiger partial charge in [0.25, 0.3) is 5.91 Å². The Labute approximate surface area is 155 Å². The Morgan fingerprint density at radius 3 is 2.15 bits per heavy atom. The van der Waals surface area contributed by atoms with E-state index < -0.39 is 11.9 Å². The summed E-state index contributed by atoms with van der Waals surface area (Å²) in [4.78, 5) is 27.7. The first kappa shape index (κ1) is 19.6. The Hall–Kier alpha value is -3.75. The summed E-state index contributed by atoms with van der Waals surface area (Å²) in [6.07, 6.45) is 0. The largest absolute Gasteiger partial charge is 0.493 e. The maximum absolute atomic E-state index is 12.1. The van der Waals surface area contributed by atoms with Crippen molar-refractivity contribution in [2.75, 3.05) is 20.8 Å². The predicted octanol–water partition coefficient (Wildman–Crippen LogP) is 1.05. The molecular weight excluding hydrogens is 354 g/mol. The van der Waals surface area contributed by atoms with Gasteiger partial charge in [-0.2, -0.15) is 0 Å². The lowest BCUT2D eigenvalue weighted by Crippen LogP contribution is -2.20. The summed E-state index contributed by atoms with van der Waals surface area (Å²) in [6, 6.07) is 10.9. The number of carbonyl (C=O) groups excluding carboxylic acids is 2. The Bertz CT molecular complexity index is 849. The van der Waals surface area contributed by atoms with Crippen LogP contribution in [0.15, 0.2) is 47.6 Å². The summed E-state index contributed by atoms with van der Waals surface area (Å²) in [6.45, 7) is -0.230. The van der Waals surface area contributed by atoms with E-state index in [9.17, 15) is 9.59 Å². The standard InChI is InChI=1S/C18H19N3O6/c1-24-14-8-5-12(9-15(14)25-2)18(23)27-21-17(20)11-3-6-13(7-4-11)26-10-16(19)22/h3-9H,10H2,1-2H3,(H2,19,22)(H2,20,21). The Morgan fingerprint density at radius 1 is 0.926 bits per heavy atom. The first-order chi connectivity index (χ1) is 12.9. The van der Waals surface area contributed by atoms with E-state index in [4.69, 9.17) is 30.5 Å². The molecule has 0 bridgehead atoms. The molecule has 0 spiro atoms. The number of ether oxygens (including phenoxy) is 3. The molecular formula is C18H19N3O6. The number of oxime groups is 1. The highest BCUT2D eigenvalue weighted by Gasteiger charge is 2.12. The van der Waals surface area contributed by atoms with Crippen LogP contribution in [-0.4, -0.2) is 38.5 Å². The molecule has 0 heterocycles. The van der Waals surface area contributed by atoms with Crippen LogP contribution >= 0.6 is 0 Å². The van der Waals surface area contributed by atoms with Crippen molar-refractivity contribution in [2.24, 2.45) is 16.6 Å². The van der Waals surface area contributed by atoms with Crippen molar-refractivity contribution in [3.05, 3.63) is 53.6 Å². The Kier molecular flexibility index (Phi) is 6.59. The molecule has 0 aromatic heterocycles. The second-order valence-electron chi connectivity index (χ2n) is 5.20. The van der Waals surface area contributed by atoms with Crippen LogP contribution in [0.25, 0.3) is 0 Å². The molecule has 0 saturated carbocycles. The monoisotopic (exact) mass is 373 g/mol. The topological polar surface area (TPSA) is 135 Å². The van der Waals surface area contributed by atoms with E-state index in [1.807, 2.05) is 0 Å². The quantitative estimate of drug-likeness (QED) is 0.305. The van der Waals surface area contributed by atoms with Gasteiger partial charge < -0.3 is 30.5 Å². The van der Waals surface area contributed by atoms with Gasteiger partial charge in [0.05, 0.1) is 19.8 Å². The van der Waals surface area contributed by atoms with Crippen LogP contribution in [0.2, 0.25) is 0 Å². The van der Waals surface area contributed by atoms with Crippen LogP contribution in [0.1, 0.15) is 15.9 Å². The highest BCUT2D eigenvalue weighted by Crippen LogP contribution is 2.27. The van der Waals surface area contributed by atoms with E-state index in [0.717, 1.165) is 0 Å². The molecule has 0 radical (unpaired) electrons. The van der Waals surface area contributed by atoms with Gasteiger partial charge in [0.15, 0.2) is 23.9 Å². The van der Waals surface area contributed by atoms with Gasteiger partial charge in [-0.25, -0.2) is 4.79 Å². The minimum Gasteiger partial charge on any atom is -0.493 e. The molecule has 0 atom stereocenters. The SMILES string of the molecule is COc1ccc(C(=O)O/N=C(\N)c2ccc(OCC(N)=O)cc2)cc1OC. The number of amidine groups is 1. The van der Waals surface area contributed by atoms with Crippen LogP contribution < -0.4 is 25.7 Å². The molecule has 0 aliphatic carbocycles. The number of hydrogen-bond donors (Lipinski definition) is 2. The molecule has 4 N–H and O–H groups in total. The molecule has 0 aliphatic heterocycles. The number of benzene rings is 2. The maximum atomic E-state index is 12.1. The van der Waals surface area contributed by atoms with E-state index in [-0.39, 0.29) is 18.0 Å². The maximum Gasteiger partial charge on any atom is 0.365 e. The number of rotatable bonds is 8. The zero-order chi connectivity index (χ0) is 19.8. The van der Waals surface area contributed by atoms with Crippen LogP contribution in [-0.2, 0) is 9.63 Å². The van der Waals surface area contributed by atoms with Crippen molar-refractivity contribution in [1.82, 2.24) is 0 Å². The second-order valence-corrected chi connectivity index (χ2v) is 5.20. The smallest absolute Gasteiger partial charge is 0.365 e. The van der Waals surface area contributed by atoms with Gasteiger partial charge in [0.1, 0.15) is 5.75 Å². The van der Waals surface area contributed by atoms with Crippen LogP contribution in [0.4, 0.5) is 0 Å². The van der Waals surface area contributed by atoms with Gasteiger partial charge in [-0.05, 0) is 42.5 Å². The zero-order valence-corrected chi connectivity index (χ0v) is 14.8. The Balaban J connectivity index is 2.04. The van der Waals surface area contributed by atoms with Crippen molar-refractivity contribution < 1.29 is 28.6 Å². The molecule has 2 rings (SSSR count). The van der Waals surface area contributed by atoms with Crippen LogP contribution in [0, 0.1) is 0 Å². The Morgan fingerprint density at radius 2 is 1.56 bits per heavy atom. The number of primary amides is 1. The minimum atomic E-state index is -0.708. The van der Waals surface area contributed by atoms with E-state index in [0.29, 0.717) is 22.8 Å². The molecule has 142 valence electrons. The van der Waals surface area contributed by atoms with E-state index in [2.05, 4.69) is 5.16 Å². The third-order valence-corrected chi connectivity index (χ3v) is 3.38. The first-order valence-corrected chi connectivity index (χ1v) is 7.73. The summed E-state index contributed by atoms with van der Waals surface area (Å²) in [5, 5.41) is 3.63. The second kappa shape index (κ2) is 9.09. The van der Waals surface area contributed by atoms with E-state index >= 15 is 0 Å². The molecule has 2 aromatic rings. The number of nitrogens with two attached hydrogens (primary N) is 2. The summed E-state index contributed by atoms with van der Waals surface area (Å²) in [5.41, 5.74) is 11.5. The van der Waals surface area contributed by atoms with Crippen molar-refractivity contribution in [1.29, 1.82) is 0 Å². The number of amides is 1. The van der Waals surface area contributed by atoms with Crippen molar-refractivity contribution in [3.63, 3.8) is 0 Å². The molecule has 1 amide bonds. The van der Waals surface area contributed by atoms with E-state index in [1.54, 1.807) is 30.3 Å². The van der Waals surface area contributed by atoms with Gasteiger partial charge in [-0.3, -0.25) is 4.79 Å². The number of nitrogens with zero attached hydrogens (tertiary/aromatic N) is 1. The first-order valence-electron chi connectivity index (χ1n) is 7.73. The normalized spacial score (nSPS) is 10.8. The fourth-order valence-corrected chi connectivity index (χ4v) is 2.04. The molecule has 0 saturated heterocycles. The lowest BCUT2D eigenvalue weighted by Gasteiger charge is -2.08. The van der Waals surface area contributed by atoms with Gasteiger partial charge in [-0.15, -0.1) is 0 Å². The van der Waals surface area contributed by atoms with Gasteiger partial charge in [0.2, 0.25) is 0 Å². The third-order valence-electron chi connectivity index (χ3n) is 3.38. The highest BCUT2D eigenvalue weighted by atomic mass is 16.7. The van der Waals surface area contributed by atoms with Crippen LogP contribution in [0.5, 0.6) is 17.2 Å². The molecule has 0 aliphatic rings. The summed E-state index contributed by atoms with van der Waals surface area (Å²) in [5.74, 6) is 0.00616. The fraction of sp³-hybridized carbons (Fsp3) is 0.167. The average Bonchev–Trinajstić information content (AvgIpc) is 2.69. The van der Waals surface area contributed by atoms with Crippen molar-refractivity contribution >= 4 is 17.7 Å². The lowest BCUT2D eigenvalue weighted by molar-refractivity contribution is -0.119. The van der Waals surface area contributed by atoms with Gasteiger partial charge in [-0.1, -0.05) is 5.16 Å². The number of carbonyl (C=O) groups is 2.